The summed E-state index contributed by atoms with van der Waals surface area (Å²) in [7, 11) is 0. The Balaban J connectivity index is 1.77. The maximum absolute atomic E-state index is 6.04. The summed E-state index contributed by atoms with van der Waals surface area (Å²) in [5.74, 6) is 0. The average molecular weight is 240 g/mol. The number of hydrogen-bond acceptors (Lipinski definition) is 4. The summed E-state index contributed by atoms with van der Waals surface area (Å²) in [5, 5.41) is 0. The Morgan fingerprint density at radius 2 is 2.22 bits per heavy atom. The lowest BCUT2D eigenvalue weighted by atomic mass is 9.98. The molecule has 0 amide bonds. The fraction of sp³-hybridized carbons (Fsp3) is 0.286. The quantitative estimate of drug-likeness (QED) is 0.810. The van der Waals surface area contributed by atoms with Gasteiger partial charge in [0.25, 0.3) is 0 Å². The monoisotopic (exact) mass is 240 g/mol. The van der Waals surface area contributed by atoms with Crippen LogP contribution in [0.2, 0.25) is 0 Å². The van der Waals surface area contributed by atoms with E-state index in [0.29, 0.717) is 0 Å². The third-order valence-corrected chi connectivity index (χ3v) is 3.39. The molecule has 0 saturated carbocycles. The van der Waals surface area contributed by atoms with Gasteiger partial charge in [-0.1, -0.05) is 12.1 Å². The van der Waals surface area contributed by atoms with Crippen LogP contribution in [0.15, 0.2) is 36.8 Å². The third-order valence-electron chi connectivity index (χ3n) is 3.39. The maximum Gasteiger partial charge on any atom is 0.0726 e. The highest BCUT2D eigenvalue weighted by Crippen LogP contribution is 2.24. The first-order valence-corrected chi connectivity index (χ1v) is 6.16. The second kappa shape index (κ2) is 4.74. The number of rotatable bonds is 2. The highest BCUT2D eigenvalue weighted by atomic mass is 15.1. The van der Waals surface area contributed by atoms with Crippen LogP contribution >= 0.6 is 0 Å². The molecule has 0 radical (unpaired) electrons. The third kappa shape index (κ3) is 2.19. The van der Waals surface area contributed by atoms with E-state index < -0.39 is 0 Å². The second-order valence-electron chi connectivity index (χ2n) is 4.64. The molecule has 3 rings (SSSR count). The number of hydrogen-bond donors (Lipinski definition) is 1. The number of benzene rings is 1. The smallest absolute Gasteiger partial charge is 0.0726 e. The van der Waals surface area contributed by atoms with E-state index >= 15 is 0 Å². The van der Waals surface area contributed by atoms with E-state index in [0.717, 1.165) is 37.4 Å². The van der Waals surface area contributed by atoms with Crippen molar-refractivity contribution < 1.29 is 0 Å². The van der Waals surface area contributed by atoms with Gasteiger partial charge in [-0.15, -0.1) is 0 Å². The zero-order valence-corrected chi connectivity index (χ0v) is 10.2. The molecule has 18 heavy (non-hydrogen) atoms. The van der Waals surface area contributed by atoms with Crippen molar-refractivity contribution in [2.45, 2.75) is 19.5 Å². The van der Waals surface area contributed by atoms with Gasteiger partial charge < -0.3 is 5.73 Å². The zero-order chi connectivity index (χ0) is 12.4. The number of nitrogens with two attached hydrogens (primary N) is 1. The summed E-state index contributed by atoms with van der Waals surface area (Å²) < 4.78 is 0. The minimum Gasteiger partial charge on any atom is -0.398 e. The maximum atomic E-state index is 6.04. The van der Waals surface area contributed by atoms with Gasteiger partial charge in [-0.2, -0.15) is 0 Å². The Bertz CT molecular complexity index is 539. The average Bonchev–Trinajstić information content (AvgIpc) is 2.41. The first kappa shape index (κ1) is 11.2. The molecule has 0 aliphatic carbocycles. The largest absolute Gasteiger partial charge is 0.398 e. The molecule has 1 aliphatic heterocycles. The minimum absolute atomic E-state index is 0.835. The number of aromatic nitrogens is 2. The fourth-order valence-electron chi connectivity index (χ4n) is 2.44. The Kier molecular flexibility index (Phi) is 2.94. The number of nitrogen functional groups attached to an aromatic ring is 1. The van der Waals surface area contributed by atoms with Crippen LogP contribution in [0.5, 0.6) is 0 Å². The van der Waals surface area contributed by atoms with E-state index in [1.807, 2.05) is 18.3 Å². The SMILES string of the molecule is Nc1cccc2c1CN(Cc1cnccn1)CC2. The van der Waals surface area contributed by atoms with Crippen molar-refractivity contribution in [3.05, 3.63) is 53.6 Å². The normalized spacial score (nSPS) is 15.3. The molecule has 1 aliphatic rings. The molecule has 92 valence electrons. The fourth-order valence-corrected chi connectivity index (χ4v) is 2.44. The Hall–Kier alpha value is -1.94. The van der Waals surface area contributed by atoms with E-state index in [1.165, 1.54) is 11.1 Å². The summed E-state index contributed by atoms with van der Waals surface area (Å²) in [5.41, 5.74) is 10.6. The van der Waals surface area contributed by atoms with Crippen LogP contribution < -0.4 is 5.73 Å². The van der Waals surface area contributed by atoms with Crippen LogP contribution in [0.3, 0.4) is 0 Å². The molecule has 0 atom stereocenters. The molecule has 1 aromatic carbocycles. The second-order valence-corrected chi connectivity index (χ2v) is 4.64. The van der Waals surface area contributed by atoms with Crippen molar-refractivity contribution in [3.63, 3.8) is 0 Å². The van der Waals surface area contributed by atoms with Gasteiger partial charge in [0.15, 0.2) is 0 Å². The zero-order valence-electron chi connectivity index (χ0n) is 10.2. The first-order valence-electron chi connectivity index (χ1n) is 6.16. The van der Waals surface area contributed by atoms with Crippen molar-refractivity contribution in [1.29, 1.82) is 0 Å². The topological polar surface area (TPSA) is 55.0 Å². The van der Waals surface area contributed by atoms with Crippen LogP contribution in [0.1, 0.15) is 16.8 Å². The van der Waals surface area contributed by atoms with Crippen molar-refractivity contribution in [2.24, 2.45) is 0 Å². The highest BCUT2D eigenvalue weighted by molar-refractivity contribution is 5.51. The lowest BCUT2D eigenvalue weighted by molar-refractivity contribution is 0.243. The van der Waals surface area contributed by atoms with E-state index in [2.05, 4.69) is 20.9 Å². The highest BCUT2D eigenvalue weighted by Gasteiger charge is 2.18. The summed E-state index contributed by atoms with van der Waals surface area (Å²) in [6, 6.07) is 6.18. The summed E-state index contributed by atoms with van der Waals surface area (Å²) in [6.07, 6.45) is 6.32. The standard InChI is InChI=1S/C14H16N4/c15-14-3-1-2-11-4-7-18(10-13(11)14)9-12-8-16-5-6-17-12/h1-3,5-6,8H,4,7,9-10,15H2. The molecule has 4 heteroatoms. The van der Waals surface area contributed by atoms with Crippen molar-refractivity contribution >= 4 is 5.69 Å². The molecular formula is C14H16N4. The van der Waals surface area contributed by atoms with E-state index in [1.54, 1.807) is 12.4 Å². The molecule has 0 fully saturated rings. The van der Waals surface area contributed by atoms with Crippen LogP contribution in [0, 0.1) is 0 Å². The predicted octanol–water partition coefficient (Wildman–Crippen LogP) is 1.62. The predicted molar refractivity (Wildman–Crippen MR) is 70.7 cm³/mol. The van der Waals surface area contributed by atoms with Crippen LogP contribution in [-0.4, -0.2) is 21.4 Å². The number of anilines is 1. The van der Waals surface area contributed by atoms with Gasteiger partial charge in [0.2, 0.25) is 0 Å². The van der Waals surface area contributed by atoms with Gasteiger partial charge in [0, 0.05) is 43.9 Å². The Labute approximate surface area is 106 Å². The van der Waals surface area contributed by atoms with E-state index in [4.69, 9.17) is 5.73 Å². The van der Waals surface area contributed by atoms with Crippen LogP contribution in [-0.2, 0) is 19.5 Å². The summed E-state index contributed by atoms with van der Waals surface area (Å²) in [6.45, 7) is 2.78. The van der Waals surface area contributed by atoms with Gasteiger partial charge in [-0.3, -0.25) is 14.9 Å². The van der Waals surface area contributed by atoms with Gasteiger partial charge in [-0.05, 0) is 23.6 Å². The lowest BCUT2D eigenvalue weighted by Gasteiger charge is -2.29. The van der Waals surface area contributed by atoms with Gasteiger partial charge in [-0.25, -0.2) is 0 Å². The van der Waals surface area contributed by atoms with Gasteiger partial charge >= 0.3 is 0 Å². The molecule has 2 N–H and O–H groups in total. The molecule has 1 aromatic heterocycles. The number of nitrogens with zero attached hydrogens (tertiary/aromatic N) is 3. The summed E-state index contributed by atoms with van der Waals surface area (Å²) in [4.78, 5) is 10.8. The van der Waals surface area contributed by atoms with Crippen molar-refractivity contribution in [3.8, 4) is 0 Å². The Morgan fingerprint density at radius 3 is 3.06 bits per heavy atom. The first-order chi connectivity index (χ1) is 8.83. The van der Waals surface area contributed by atoms with Crippen molar-refractivity contribution in [2.75, 3.05) is 12.3 Å². The van der Waals surface area contributed by atoms with E-state index in [-0.39, 0.29) is 0 Å². The minimum atomic E-state index is 0.835. The Morgan fingerprint density at radius 1 is 1.28 bits per heavy atom. The lowest BCUT2D eigenvalue weighted by Crippen LogP contribution is -2.31. The number of fused-ring (bicyclic) bond motifs is 1. The molecule has 2 heterocycles. The van der Waals surface area contributed by atoms with Crippen molar-refractivity contribution in [1.82, 2.24) is 14.9 Å². The molecule has 4 nitrogen and oxygen atoms in total. The van der Waals surface area contributed by atoms with Crippen LogP contribution in [0.4, 0.5) is 5.69 Å². The van der Waals surface area contributed by atoms with Gasteiger partial charge in [0.1, 0.15) is 0 Å². The van der Waals surface area contributed by atoms with Gasteiger partial charge in [0.05, 0.1) is 5.69 Å². The molecular weight excluding hydrogens is 224 g/mol. The molecule has 0 unspecified atom stereocenters. The molecule has 0 bridgehead atoms. The molecule has 2 aromatic rings. The van der Waals surface area contributed by atoms with E-state index in [9.17, 15) is 0 Å². The van der Waals surface area contributed by atoms with Crippen LogP contribution in [0.25, 0.3) is 0 Å². The molecule has 0 saturated heterocycles. The molecule has 0 spiro atoms. The summed E-state index contributed by atoms with van der Waals surface area (Å²) >= 11 is 0.